The largest absolute Gasteiger partial charge is 0.478 e. The molecule has 1 amide bonds. The van der Waals surface area contributed by atoms with Crippen LogP contribution in [-0.2, 0) is 4.79 Å². The normalized spacial score (nSPS) is 16.9. The highest BCUT2D eigenvalue weighted by Gasteiger charge is 2.33. The van der Waals surface area contributed by atoms with Crippen molar-refractivity contribution in [2.24, 2.45) is 0 Å². The zero-order valence-electron chi connectivity index (χ0n) is 14.8. The smallest absolute Gasteiger partial charge is 0.268 e. The third-order valence-corrected chi connectivity index (χ3v) is 5.23. The Kier molecular flexibility index (Phi) is 4.90. The molecule has 0 spiro atoms. The van der Waals surface area contributed by atoms with Gasteiger partial charge in [0, 0.05) is 17.0 Å². The molecule has 1 aliphatic heterocycles. The molecule has 1 unspecified atom stereocenters. The van der Waals surface area contributed by atoms with Gasteiger partial charge in [-0.25, -0.2) is 4.98 Å². The molecule has 0 saturated carbocycles. The third kappa shape index (κ3) is 3.05. The quantitative estimate of drug-likeness (QED) is 0.787. The number of rotatable bonds is 5. The number of amides is 1. The molecule has 2 aromatic rings. The predicted octanol–water partition coefficient (Wildman–Crippen LogP) is 4.73. The molecule has 24 heavy (non-hydrogen) atoms. The molecule has 5 heteroatoms. The Balaban J connectivity index is 2.04. The molecule has 0 aliphatic carbocycles. The SMILES string of the molecule is CCCCN1C(=O)C(CC)Oc2ccc(-c3nc(C)sc3C)cc21. The second-order valence-corrected chi connectivity index (χ2v) is 7.59. The molecule has 2 heterocycles. The molecule has 1 aromatic carbocycles. The Morgan fingerprint density at radius 1 is 1.29 bits per heavy atom. The van der Waals surface area contributed by atoms with Crippen LogP contribution >= 0.6 is 11.3 Å². The molecule has 128 valence electrons. The molecule has 1 aromatic heterocycles. The summed E-state index contributed by atoms with van der Waals surface area (Å²) in [6, 6.07) is 6.07. The lowest BCUT2D eigenvalue weighted by atomic mass is 10.1. The molecule has 0 fully saturated rings. The highest BCUT2D eigenvalue weighted by molar-refractivity contribution is 7.11. The summed E-state index contributed by atoms with van der Waals surface area (Å²) in [6.45, 7) is 8.97. The van der Waals surface area contributed by atoms with Crippen LogP contribution in [0, 0.1) is 13.8 Å². The Labute approximate surface area is 147 Å². The van der Waals surface area contributed by atoms with Gasteiger partial charge in [-0.1, -0.05) is 20.3 Å². The van der Waals surface area contributed by atoms with Gasteiger partial charge < -0.3 is 9.64 Å². The number of unbranched alkanes of at least 4 members (excludes halogenated alkanes) is 1. The molecule has 1 aliphatic rings. The van der Waals surface area contributed by atoms with Crippen molar-refractivity contribution in [3.8, 4) is 17.0 Å². The standard InChI is InChI=1S/C19H24N2O2S/c1-5-7-10-21-15-11-14(18-12(3)24-13(4)20-18)8-9-17(15)23-16(6-2)19(21)22/h8-9,11,16H,5-7,10H2,1-4H3. The van der Waals surface area contributed by atoms with E-state index in [1.807, 2.05) is 30.9 Å². The number of aryl methyl sites for hydroxylation is 2. The van der Waals surface area contributed by atoms with E-state index >= 15 is 0 Å². The van der Waals surface area contributed by atoms with Gasteiger partial charge in [0.1, 0.15) is 5.75 Å². The number of fused-ring (bicyclic) bond motifs is 1. The third-order valence-electron chi connectivity index (χ3n) is 4.34. The molecule has 0 bridgehead atoms. The van der Waals surface area contributed by atoms with Crippen molar-refractivity contribution >= 4 is 22.9 Å². The zero-order chi connectivity index (χ0) is 17.3. The second-order valence-electron chi connectivity index (χ2n) is 6.18. The van der Waals surface area contributed by atoms with E-state index in [1.165, 1.54) is 4.88 Å². The van der Waals surface area contributed by atoms with Gasteiger partial charge in [0.2, 0.25) is 0 Å². The van der Waals surface area contributed by atoms with Crippen LogP contribution < -0.4 is 9.64 Å². The maximum Gasteiger partial charge on any atom is 0.268 e. The van der Waals surface area contributed by atoms with Crippen molar-refractivity contribution in [3.63, 3.8) is 0 Å². The minimum atomic E-state index is -0.372. The van der Waals surface area contributed by atoms with Gasteiger partial charge >= 0.3 is 0 Å². The molecule has 0 radical (unpaired) electrons. The fraction of sp³-hybridized carbons (Fsp3) is 0.474. The van der Waals surface area contributed by atoms with Gasteiger partial charge in [0.05, 0.1) is 16.4 Å². The molecular weight excluding hydrogens is 320 g/mol. The average molecular weight is 344 g/mol. The van der Waals surface area contributed by atoms with Gasteiger partial charge in [-0.15, -0.1) is 11.3 Å². The van der Waals surface area contributed by atoms with Gasteiger partial charge in [0.15, 0.2) is 6.10 Å². The Morgan fingerprint density at radius 3 is 2.71 bits per heavy atom. The van der Waals surface area contributed by atoms with E-state index in [1.54, 1.807) is 11.3 Å². The molecular formula is C19H24N2O2S. The minimum absolute atomic E-state index is 0.0711. The van der Waals surface area contributed by atoms with Crippen molar-refractivity contribution in [3.05, 3.63) is 28.1 Å². The van der Waals surface area contributed by atoms with Crippen LogP contribution in [0.4, 0.5) is 5.69 Å². The van der Waals surface area contributed by atoms with E-state index in [0.717, 1.165) is 47.1 Å². The van der Waals surface area contributed by atoms with E-state index in [-0.39, 0.29) is 12.0 Å². The first-order valence-corrected chi connectivity index (χ1v) is 9.43. The number of aromatic nitrogens is 1. The molecule has 3 rings (SSSR count). The first-order chi connectivity index (χ1) is 11.5. The number of thiazole rings is 1. The van der Waals surface area contributed by atoms with E-state index in [9.17, 15) is 4.79 Å². The first-order valence-electron chi connectivity index (χ1n) is 8.61. The molecule has 0 saturated heterocycles. The lowest BCUT2D eigenvalue weighted by Gasteiger charge is -2.34. The maximum absolute atomic E-state index is 12.7. The number of carbonyl (C=O) groups excluding carboxylic acids is 1. The highest BCUT2D eigenvalue weighted by Crippen LogP contribution is 2.39. The maximum atomic E-state index is 12.7. The summed E-state index contributed by atoms with van der Waals surface area (Å²) in [5.74, 6) is 0.868. The highest BCUT2D eigenvalue weighted by atomic mass is 32.1. The summed E-state index contributed by atoms with van der Waals surface area (Å²) in [4.78, 5) is 20.5. The van der Waals surface area contributed by atoms with Crippen molar-refractivity contribution in [1.29, 1.82) is 0 Å². The van der Waals surface area contributed by atoms with Crippen LogP contribution in [0.5, 0.6) is 5.75 Å². The molecule has 4 nitrogen and oxygen atoms in total. The summed E-state index contributed by atoms with van der Waals surface area (Å²) in [5.41, 5.74) is 2.92. The lowest BCUT2D eigenvalue weighted by Crippen LogP contribution is -2.46. The van der Waals surface area contributed by atoms with Crippen LogP contribution in [-0.4, -0.2) is 23.5 Å². The summed E-state index contributed by atoms with van der Waals surface area (Å²) in [6.07, 6.45) is 2.36. The van der Waals surface area contributed by atoms with E-state index < -0.39 is 0 Å². The van der Waals surface area contributed by atoms with E-state index in [4.69, 9.17) is 4.74 Å². The Hall–Kier alpha value is -1.88. The fourth-order valence-corrected chi connectivity index (χ4v) is 3.91. The van der Waals surface area contributed by atoms with Crippen molar-refractivity contribution < 1.29 is 9.53 Å². The van der Waals surface area contributed by atoms with E-state index in [2.05, 4.69) is 24.9 Å². The predicted molar refractivity (Wildman–Crippen MR) is 99.0 cm³/mol. The van der Waals surface area contributed by atoms with Crippen molar-refractivity contribution in [1.82, 2.24) is 4.98 Å². The topological polar surface area (TPSA) is 42.4 Å². The number of ether oxygens (including phenoxy) is 1. The minimum Gasteiger partial charge on any atom is -0.478 e. The van der Waals surface area contributed by atoms with E-state index in [0.29, 0.717) is 6.42 Å². The van der Waals surface area contributed by atoms with Crippen LogP contribution in [0.1, 0.15) is 43.0 Å². The summed E-state index contributed by atoms with van der Waals surface area (Å²) in [5, 5.41) is 1.06. The lowest BCUT2D eigenvalue weighted by molar-refractivity contribution is -0.126. The Bertz CT molecular complexity index is 754. The first kappa shape index (κ1) is 17.0. The van der Waals surface area contributed by atoms with Crippen molar-refractivity contribution in [2.75, 3.05) is 11.4 Å². The van der Waals surface area contributed by atoms with Gasteiger partial charge in [-0.05, 0) is 44.9 Å². The monoisotopic (exact) mass is 344 g/mol. The second kappa shape index (κ2) is 6.93. The fourth-order valence-electron chi connectivity index (χ4n) is 3.07. The van der Waals surface area contributed by atoms with Gasteiger partial charge in [-0.2, -0.15) is 0 Å². The zero-order valence-corrected chi connectivity index (χ0v) is 15.6. The molecule has 0 N–H and O–H groups in total. The van der Waals surface area contributed by atoms with Crippen LogP contribution in [0.15, 0.2) is 18.2 Å². The summed E-state index contributed by atoms with van der Waals surface area (Å²) in [7, 11) is 0. The van der Waals surface area contributed by atoms with Gasteiger partial charge in [0.25, 0.3) is 5.91 Å². The number of benzene rings is 1. The summed E-state index contributed by atoms with van der Waals surface area (Å²) >= 11 is 1.70. The summed E-state index contributed by atoms with van der Waals surface area (Å²) < 4.78 is 5.92. The van der Waals surface area contributed by atoms with Crippen molar-refractivity contribution in [2.45, 2.75) is 53.1 Å². The number of hydrogen-bond acceptors (Lipinski definition) is 4. The average Bonchev–Trinajstić information content (AvgIpc) is 2.91. The van der Waals surface area contributed by atoms with Crippen LogP contribution in [0.2, 0.25) is 0 Å². The molecule has 1 atom stereocenters. The number of hydrogen-bond donors (Lipinski definition) is 0. The van der Waals surface area contributed by atoms with Crippen LogP contribution in [0.3, 0.4) is 0 Å². The van der Waals surface area contributed by atoms with Crippen LogP contribution in [0.25, 0.3) is 11.3 Å². The number of anilines is 1. The number of nitrogens with zero attached hydrogens (tertiary/aromatic N) is 2. The Morgan fingerprint density at radius 2 is 2.08 bits per heavy atom. The van der Waals surface area contributed by atoms with Gasteiger partial charge in [-0.3, -0.25) is 4.79 Å². The number of carbonyl (C=O) groups is 1.